The van der Waals surface area contributed by atoms with Crippen molar-refractivity contribution < 1.29 is 23.4 Å². The fourth-order valence-electron chi connectivity index (χ4n) is 2.79. The summed E-state index contributed by atoms with van der Waals surface area (Å²) in [4.78, 5) is 11.4. The SMILES string of the molecule is Cc1ccc([C@@H]2[C@@H](S(C)(=O)=O)[C@@]2(CO)C(=O)O)cc1. The average Bonchev–Trinajstić information content (AvgIpc) is 3.00. The van der Waals surface area contributed by atoms with Gasteiger partial charge < -0.3 is 10.2 Å². The highest BCUT2D eigenvalue weighted by Crippen LogP contribution is 2.62. The number of rotatable bonds is 4. The molecular weight excluding hydrogens is 268 g/mol. The van der Waals surface area contributed by atoms with Gasteiger partial charge in [0.1, 0.15) is 5.41 Å². The van der Waals surface area contributed by atoms with Gasteiger partial charge >= 0.3 is 5.97 Å². The second-order valence-electron chi connectivity index (χ2n) is 5.14. The van der Waals surface area contributed by atoms with Gasteiger partial charge in [-0.25, -0.2) is 8.42 Å². The minimum absolute atomic E-state index is 0.637. The number of aryl methyl sites for hydroxylation is 1. The number of sulfone groups is 1. The zero-order chi connectivity index (χ0) is 14.4. The molecule has 1 aromatic rings. The van der Waals surface area contributed by atoms with E-state index in [1.807, 2.05) is 6.92 Å². The van der Waals surface area contributed by atoms with Crippen molar-refractivity contribution in [2.45, 2.75) is 18.1 Å². The van der Waals surface area contributed by atoms with Crippen LogP contribution in [0, 0.1) is 12.3 Å². The number of hydrogen-bond acceptors (Lipinski definition) is 4. The molecule has 3 atom stereocenters. The first kappa shape index (κ1) is 14.0. The Balaban J connectivity index is 2.50. The quantitative estimate of drug-likeness (QED) is 0.843. The highest BCUT2D eigenvalue weighted by atomic mass is 32.2. The van der Waals surface area contributed by atoms with Crippen molar-refractivity contribution in [2.75, 3.05) is 12.9 Å². The van der Waals surface area contributed by atoms with Crippen LogP contribution in [0.5, 0.6) is 0 Å². The van der Waals surface area contributed by atoms with Crippen LogP contribution in [0.3, 0.4) is 0 Å². The van der Waals surface area contributed by atoms with E-state index in [1.54, 1.807) is 24.3 Å². The second kappa shape index (κ2) is 4.31. The van der Waals surface area contributed by atoms with Crippen molar-refractivity contribution in [1.29, 1.82) is 0 Å². The minimum atomic E-state index is -3.54. The first-order chi connectivity index (χ1) is 8.75. The molecule has 1 saturated carbocycles. The number of aliphatic hydroxyl groups is 1. The van der Waals surface area contributed by atoms with Gasteiger partial charge in [-0.05, 0) is 12.5 Å². The predicted octanol–water partition coefficient (Wildman–Crippen LogP) is 0.569. The molecule has 0 heterocycles. The summed E-state index contributed by atoms with van der Waals surface area (Å²) in [6.45, 7) is 1.21. The van der Waals surface area contributed by atoms with Crippen LogP contribution in [-0.4, -0.2) is 42.7 Å². The van der Waals surface area contributed by atoms with Crippen LogP contribution in [0.25, 0.3) is 0 Å². The first-order valence-electron chi connectivity index (χ1n) is 5.85. The fraction of sp³-hybridized carbons (Fsp3) is 0.462. The molecule has 0 bridgehead atoms. The molecule has 1 aromatic carbocycles. The lowest BCUT2D eigenvalue weighted by molar-refractivity contribution is -0.145. The molecule has 0 radical (unpaired) electrons. The normalized spacial score (nSPS) is 30.1. The molecule has 19 heavy (non-hydrogen) atoms. The molecule has 6 heteroatoms. The van der Waals surface area contributed by atoms with Gasteiger partial charge in [-0.1, -0.05) is 29.8 Å². The molecule has 1 aliphatic carbocycles. The summed E-state index contributed by atoms with van der Waals surface area (Å²) in [7, 11) is -3.54. The average molecular weight is 284 g/mol. The van der Waals surface area contributed by atoms with Gasteiger partial charge in [0.05, 0.1) is 11.9 Å². The van der Waals surface area contributed by atoms with E-state index in [0.717, 1.165) is 11.8 Å². The van der Waals surface area contributed by atoms with Gasteiger partial charge in [-0.2, -0.15) is 0 Å². The maximum absolute atomic E-state index is 11.7. The third kappa shape index (κ3) is 2.04. The summed E-state index contributed by atoms with van der Waals surface area (Å²) in [6, 6.07) is 7.05. The van der Waals surface area contributed by atoms with Crippen LogP contribution in [0.4, 0.5) is 0 Å². The van der Waals surface area contributed by atoms with E-state index in [9.17, 15) is 23.4 Å². The molecule has 104 valence electrons. The largest absolute Gasteiger partial charge is 0.481 e. The van der Waals surface area contributed by atoms with Crippen molar-refractivity contribution in [1.82, 2.24) is 0 Å². The van der Waals surface area contributed by atoms with Gasteiger partial charge in [-0.15, -0.1) is 0 Å². The summed E-state index contributed by atoms with van der Waals surface area (Å²) in [5.74, 6) is -1.96. The van der Waals surface area contributed by atoms with Crippen molar-refractivity contribution in [3.8, 4) is 0 Å². The molecule has 0 aromatic heterocycles. The molecule has 1 aliphatic rings. The first-order valence-corrected chi connectivity index (χ1v) is 7.80. The van der Waals surface area contributed by atoms with Crippen LogP contribution in [0.1, 0.15) is 17.0 Å². The van der Waals surface area contributed by atoms with E-state index in [4.69, 9.17) is 0 Å². The van der Waals surface area contributed by atoms with Crippen LogP contribution < -0.4 is 0 Å². The maximum Gasteiger partial charge on any atom is 0.314 e. The lowest BCUT2D eigenvalue weighted by Gasteiger charge is -2.08. The molecular formula is C13H16O5S. The Hall–Kier alpha value is -1.40. The summed E-state index contributed by atoms with van der Waals surface area (Å²) in [6.07, 6.45) is 1.01. The number of carboxylic acid groups (broad SMARTS) is 1. The second-order valence-corrected chi connectivity index (χ2v) is 7.31. The van der Waals surface area contributed by atoms with Crippen molar-refractivity contribution in [2.24, 2.45) is 5.41 Å². The third-order valence-electron chi connectivity index (χ3n) is 3.81. The summed E-state index contributed by atoms with van der Waals surface area (Å²) < 4.78 is 23.5. The molecule has 0 amide bonds. The van der Waals surface area contributed by atoms with Gasteiger partial charge in [0.2, 0.25) is 0 Å². The molecule has 0 unspecified atom stereocenters. The molecule has 0 saturated heterocycles. The van der Waals surface area contributed by atoms with E-state index in [2.05, 4.69) is 0 Å². The molecule has 1 fully saturated rings. The topological polar surface area (TPSA) is 91.7 Å². The highest BCUT2D eigenvalue weighted by molar-refractivity contribution is 7.91. The Morgan fingerprint density at radius 3 is 2.16 bits per heavy atom. The van der Waals surface area contributed by atoms with E-state index < -0.39 is 39.0 Å². The van der Waals surface area contributed by atoms with Crippen LogP contribution in [0.2, 0.25) is 0 Å². The number of aliphatic carboxylic acids is 1. The smallest absolute Gasteiger partial charge is 0.314 e. The van der Waals surface area contributed by atoms with Crippen LogP contribution in [-0.2, 0) is 14.6 Å². The Morgan fingerprint density at radius 2 is 1.84 bits per heavy atom. The van der Waals surface area contributed by atoms with Crippen LogP contribution >= 0.6 is 0 Å². The third-order valence-corrected chi connectivity index (χ3v) is 5.43. The zero-order valence-corrected chi connectivity index (χ0v) is 11.5. The molecule has 0 aliphatic heterocycles. The highest BCUT2D eigenvalue weighted by Gasteiger charge is 2.74. The Bertz CT molecular complexity index is 604. The van der Waals surface area contributed by atoms with E-state index in [-0.39, 0.29) is 0 Å². The van der Waals surface area contributed by atoms with Crippen LogP contribution in [0.15, 0.2) is 24.3 Å². The van der Waals surface area contributed by atoms with Crippen molar-refractivity contribution in [3.05, 3.63) is 35.4 Å². The van der Waals surface area contributed by atoms with Crippen molar-refractivity contribution in [3.63, 3.8) is 0 Å². The zero-order valence-electron chi connectivity index (χ0n) is 10.7. The minimum Gasteiger partial charge on any atom is -0.481 e. The maximum atomic E-state index is 11.7. The molecule has 2 N–H and O–H groups in total. The number of aliphatic hydroxyl groups excluding tert-OH is 1. The Morgan fingerprint density at radius 1 is 1.32 bits per heavy atom. The number of benzene rings is 1. The van der Waals surface area contributed by atoms with Gasteiger partial charge in [0.15, 0.2) is 9.84 Å². The van der Waals surface area contributed by atoms with E-state index in [1.165, 1.54) is 0 Å². The number of hydrogen-bond donors (Lipinski definition) is 2. The van der Waals surface area contributed by atoms with Gasteiger partial charge in [0.25, 0.3) is 0 Å². The lowest BCUT2D eigenvalue weighted by atomic mass is 9.99. The van der Waals surface area contributed by atoms with Crippen molar-refractivity contribution >= 4 is 15.8 Å². The summed E-state index contributed by atoms with van der Waals surface area (Å²) in [5.41, 5.74) is 0.0331. The molecule has 0 spiro atoms. The fourth-order valence-corrected chi connectivity index (χ4v) is 4.69. The Kier molecular flexibility index (Phi) is 3.18. The van der Waals surface area contributed by atoms with E-state index in [0.29, 0.717) is 5.56 Å². The standard InChI is InChI=1S/C13H16O5S/c1-8-3-5-9(6-4-8)10-11(19(2,17)18)13(10,7-14)12(15)16/h3-6,10-11,14H,7H2,1-2H3,(H,15,16)/t10-,11-,13+/m1/s1. The number of carbonyl (C=O) groups is 1. The summed E-state index contributed by atoms with van der Waals surface area (Å²) >= 11 is 0. The lowest BCUT2D eigenvalue weighted by Crippen LogP contribution is -2.27. The number of carboxylic acids is 1. The Labute approximate surface area is 111 Å². The molecule has 5 nitrogen and oxygen atoms in total. The monoisotopic (exact) mass is 284 g/mol. The van der Waals surface area contributed by atoms with E-state index >= 15 is 0 Å². The van der Waals surface area contributed by atoms with Gasteiger partial charge in [0, 0.05) is 12.2 Å². The predicted molar refractivity (Wildman–Crippen MR) is 69.7 cm³/mol. The summed E-state index contributed by atoms with van der Waals surface area (Å²) in [5, 5.41) is 17.6. The van der Waals surface area contributed by atoms with Gasteiger partial charge in [-0.3, -0.25) is 4.79 Å². The molecule has 2 rings (SSSR count).